The number of nitrogens with one attached hydrogen (secondary N) is 2. The molecule has 2 N–H and O–H groups in total. The van der Waals surface area contributed by atoms with Crippen molar-refractivity contribution in [2.24, 2.45) is 0 Å². The molecule has 0 saturated carbocycles. The molecule has 0 bridgehead atoms. The highest BCUT2D eigenvalue weighted by atomic mass is 32.2. The second-order valence-corrected chi connectivity index (χ2v) is 7.88. The van der Waals surface area contributed by atoms with Gasteiger partial charge in [0, 0.05) is 30.1 Å². The van der Waals surface area contributed by atoms with E-state index in [2.05, 4.69) is 15.0 Å². The lowest BCUT2D eigenvalue weighted by Crippen LogP contribution is -2.17. The molecule has 0 aliphatic heterocycles. The van der Waals surface area contributed by atoms with Gasteiger partial charge in [0.15, 0.2) is 11.5 Å². The molecule has 1 aromatic heterocycles. The van der Waals surface area contributed by atoms with Crippen molar-refractivity contribution in [2.75, 3.05) is 31.4 Å². The molecule has 0 aliphatic rings. The quantitative estimate of drug-likeness (QED) is 0.549. The van der Waals surface area contributed by atoms with Crippen LogP contribution < -0.4 is 24.2 Å². The first kappa shape index (κ1) is 21.9. The Hall–Kier alpha value is -3.79. The van der Waals surface area contributed by atoms with E-state index in [1.54, 1.807) is 30.3 Å². The Labute approximate surface area is 180 Å². The highest BCUT2D eigenvalue weighted by molar-refractivity contribution is 7.92. The third-order valence-corrected chi connectivity index (χ3v) is 5.66. The van der Waals surface area contributed by atoms with Crippen molar-refractivity contribution in [3.8, 4) is 17.2 Å². The van der Waals surface area contributed by atoms with Crippen molar-refractivity contribution >= 4 is 27.3 Å². The summed E-state index contributed by atoms with van der Waals surface area (Å²) in [6.07, 6.45) is 2.99. The number of para-hydroxylation sites is 2. The minimum Gasteiger partial charge on any atom is -0.493 e. The van der Waals surface area contributed by atoms with Crippen molar-refractivity contribution in [3.63, 3.8) is 0 Å². The van der Waals surface area contributed by atoms with Gasteiger partial charge in [0.1, 0.15) is 0 Å². The van der Waals surface area contributed by atoms with E-state index in [1.165, 1.54) is 51.9 Å². The smallest absolute Gasteiger partial charge is 0.262 e. The van der Waals surface area contributed by atoms with Gasteiger partial charge in [0.05, 0.1) is 37.6 Å². The maximum absolute atomic E-state index is 13.1. The molecule has 9 nitrogen and oxygen atoms in total. The monoisotopic (exact) mass is 443 g/mol. The van der Waals surface area contributed by atoms with Crippen LogP contribution in [-0.2, 0) is 10.0 Å². The van der Waals surface area contributed by atoms with E-state index in [-0.39, 0.29) is 27.8 Å². The number of carbonyl (C=O) groups excluding carboxylic acids is 1. The fourth-order valence-corrected chi connectivity index (χ4v) is 3.90. The fraction of sp³-hybridized carbons (Fsp3) is 0.143. The van der Waals surface area contributed by atoms with Gasteiger partial charge in [-0.05, 0) is 24.3 Å². The molecular weight excluding hydrogens is 422 g/mol. The lowest BCUT2D eigenvalue weighted by Gasteiger charge is -2.16. The van der Waals surface area contributed by atoms with Gasteiger partial charge >= 0.3 is 0 Å². The zero-order valence-corrected chi connectivity index (χ0v) is 17.9. The van der Waals surface area contributed by atoms with Gasteiger partial charge in [-0.3, -0.25) is 14.5 Å². The van der Waals surface area contributed by atoms with Crippen LogP contribution in [0, 0.1) is 0 Å². The second kappa shape index (κ2) is 9.35. The van der Waals surface area contributed by atoms with Gasteiger partial charge in [-0.1, -0.05) is 12.1 Å². The number of nitrogens with zero attached hydrogens (tertiary/aromatic N) is 1. The zero-order chi connectivity index (χ0) is 22.4. The molecule has 0 saturated heterocycles. The standard InChI is InChI=1S/C21H21N3O6S/c1-28-18-12-15(13-19(29-2)20(18)30-3)31(26,27)24-17-7-5-4-6-16(17)23-21(25)14-8-10-22-11-9-14/h4-13,24H,1-3H3,(H,23,25). The summed E-state index contributed by atoms with van der Waals surface area (Å²) >= 11 is 0. The highest BCUT2D eigenvalue weighted by Crippen LogP contribution is 2.40. The van der Waals surface area contributed by atoms with Gasteiger partial charge in [-0.25, -0.2) is 8.42 Å². The van der Waals surface area contributed by atoms with Crippen molar-refractivity contribution < 1.29 is 27.4 Å². The molecule has 2 aromatic carbocycles. The lowest BCUT2D eigenvalue weighted by molar-refractivity contribution is 0.102. The second-order valence-electron chi connectivity index (χ2n) is 6.20. The lowest BCUT2D eigenvalue weighted by atomic mass is 10.2. The summed E-state index contributed by atoms with van der Waals surface area (Å²) in [5, 5.41) is 2.70. The molecular formula is C21H21N3O6S. The van der Waals surface area contributed by atoms with E-state index in [4.69, 9.17) is 14.2 Å². The average Bonchev–Trinajstić information content (AvgIpc) is 2.79. The number of aromatic nitrogens is 1. The van der Waals surface area contributed by atoms with Crippen LogP contribution in [0.3, 0.4) is 0 Å². The molecule has 1 heterocycles. The predicted molar refractivity (Wildman–Crippen MR) is 116 cm³/mol. The average molecular weight is 443 g/mol. The van der Waals surface area contributed by atoms with E-state index in [9.17, 15) is 13.2 Å². The fourth-order valence-electron chi connectivity index (χ4n) is 2.79. The Morgan fingerprint density at radius 2 is 1.45 bits per heavy atom. The number of rotatable bonds is 8. The van der Waals surface area contributed by atoms with Crippen molar-refractivity contribution in [1.29, 1.82) is 0 Å². The summed E-state index contributed by atoms with van der Waals surface area (Å²) in [7, 11) is 0.160. The van der Waals surface area contributed by atoms with Crippen LogP contribution in [0.4, 0.5) is 11.4 Å². The molecule has 0 aliphatic carbocycles. The number of amides is 1. The minimum absolute atomic E-state index is 0.0998. The molecule has 0 spiro atoms. The van der Waals surface area contributed by atoms with Gasteiger partial charge in [0.2, 0.25) is 5.75 Å². The van der Waals surface area contributed by atoms with Gasteiger partial charge in [-0.2, -0.15) is 0 Å². The van der Waals surface area contributed by atoms with Gasteiger partial charge < -0.3 is 19.5 Å². The number of sulfonamides is 1. The van der Waals surface area contributed by atoms with Crippen molar-refractivity contribution in [3.05, 3.63) is 66.5 Å². The summed E-state index contributed by atoms with van der Waals surface area (Å²) < 4.78 is 44.3. The summed E-state index contributed by atoms with van der Waals surface area (Å²) in [5.41, 5.74) is 0.872. The van der Waals surface area contributed by atoms with Crippen LogP contribution >= 0.6 is 0 Å². The Kier molecular flexibility index (Phi) is 6.61. The van der Waals surface area contributed by atoms with Crippen LogP contribution in [0.1, 0.15) is 10.4 Å². The minimum atomic E-state index is -4.05. The number of benzene rings is 2. The molecule has 0 fully saturated rings. The number of pyridine rings is 1. The normalized spacial score (nSPS) is 10.8. The summed E-state index contributed by atoms with van der Waals surface area (Å²) in [6, 6.07) is 12.2. The van der Waals surface area contributed by atoms with E-state index >= 15 is 0 Å². The Bertz CT molecular complexity index is 1160. The maximum atomic E-state index is 13.1. The molecule has 3 aromatic rings. The van der Waals surface area contributed by atoms with Gasteiger partial charge in [0.25, 0.3) is 15.9 Å². The summed E-state index contributed by atoms with van der Waals surface area (Å²) in [5.74, 6) is 0.263. The molecule has 10 heteroatoms. The third-order valence-electron chi connectivity index (χ3n) is 4.31. The topological polar surface area (TPSA) is 116 Å². The number of ether oxygens (including phenoxy) is 3. The van der Waals surface area contributed by atoms with Crippen LogP contribution in [0.2, 0.25) is 0 Å². The SMILES string of the molecule is COc1cc(S(=O)(=O)Nc2ccccc2NC(=O)c2ccncc2)cc(OC)c1OC. The van der Waals surface area contributed by atoms with Crippen LogP contribution in [0.25, 0.3) is 0 Å². The van der Waals surface area contributed by atoms with Crippen LogP contribution in [0.15, 0.2) is 65.8 Å². The summed E-state index contributed by atoms with van der Waals surface area (Å²) in [4.78, 5) is 16.3. The first-order valence-electron chi connectivity index (χ1n) is 9.03. The van der Waals surface area contributed by atoms with E-state index < -0.39 is 15.9 Å². The van der Waals surface area contributed by atoms with E-state index in [0.29, 0.717) is 11.3 Å². The Balaban J connectivity index is 1.93. The first-order valence-corrected chi connectivity index (χ1v) is 10.5. The number of carbonyl (C=O) groups is 1. The number of methoxy groups -OCH3 is 3. The summed E-state index contributed by atoms with van der Waals surface area (Å²) in [6.45, 7) is 0. The largest absolute Gasteiger partial charge is 0.493 e. The molecule has 0 unspecified atom stereocenters. The molecule has 1 amide bonds. The van der Waals surface area contributed by atoms with Crippen LogP contribution in [-0.4, -0.2) is 40.6 Å². The Morgan fingerprint density at radius 3 is 2.00 bits per heavy atom. The molecule has 3 rings (SSSR count). The van der Waals surface area contributed by atoms with Crippen molar-refractivity contribution in [1.82, 2.24) is 4.98 Å². The third kappa shape index (κ3) is 4.86. The first-order chi connectivity index (χ1) is 14.9. The molecule has 0 radical (unpaired) electrons. The zero-order valence-electron chi connectivity index (χ0n) is 17.1. The van der Waals surface area contributed by atoms with Gasteiger partial charge in [-0.15, -0.1) is 0 Å². The van der Waals surface area contributed by atoms with E-state index in [0.717, 1.165) is 0 Å². The van der Waals surface area contributed by atoms with Crippen molar-refractivity contribution in [2.45, 2.75) is 4.90 Å². The molecule has 162 valence electrons. The number of anilines is 2. The number of hydrogen-bond donors (Lipinski definition) is 2. The molecule has 0 atom stereocenters. The molecule has 31 heavy (non-hydrogen) atoms. The maximum Gasteiger partial charge on any atom is 0.262 e. The van der Waals surface area contributed by atoms with Crippen LogP contribution in [0.5, 0.6) is 17.2 Å². The van der Waals surface area contributed by atoms with E-state index in [1.807, 2.05) is 0 Å². The Morgan fingerprint density at radius 1 is 0.871 bits per heavy atom. The predicted octanol–water partition coefficient (Wildman–Crippen LogP) is 3.16. The highest BCUT2D eigenvalue weighted by Gasteiger charge is 2.22. The number of hydrogen-bond acceptors (Lipinski definition) is 7.